The molecule has 0 bridgehead atoms. The number of aliphatic carboxylic acids is 1. The molecular weight excluding hydrogens is 236 g/mol. The number of hydrogen-bond donors (Lipinski definition) is 1. The van der Waals surface area contributed by atoms with Gasteiger partial charge in [0.15, 0.2) is 0 Å². The summed E-state index contributed by atoms with van der Waals surface area (Å²) < 4.78 is 0. The molecule has 1 aromatic rings. The maximum Gasteiger partial charge on any atom is 0.309 e. The number of aryl methyl sites for hydroxylation is 1. The molecule has 0 heterocycles. The Balaban J connectivity index is 2.15. The van der Waals surface area contributed by atoms with Crippen molar-refractivity contribution in [3.8, 4) is 0 Å². The Kier molecular flexibility index (Phi) is 4.28. The molecule has 0 radical (unpaired) electrons. The second-order valence-corrected chi connectivity index (χ2v) is 6.10. The van der Waals surface area contributed by atoms with Gasteiger partial charge in [-0.15, -0.1) is 0 Å². The molecule has 1 saturated carbocycles. The molecule has 1 aromatic carbocycles. The minimum Gasteiger partial charge on any atom is -0.481 e. The largest absolute Gasteiger partial charge is 0.481 e. The maximum atomic E-state index is 11.8. The zero-order valence-corrected chi connectivity index (χ0v) is 12.0. The monoisotopic (exact) mass is 260 g/mol. The van der Waals surface area contributed by atoms with Crippen LogP contribution in [0.25, 0.3) is 0 Å². The summed E-state index contributed by atoms with van der Waals surface area (Å²) >= 11 is 0. The highest BCUT2D eigenvalue weighted by Gasteiger charge is 2.41. The van der Waals surface area contributed by atoms with Crippen LogP contribution in [-0.4, -0.2) is 11.1 Å². The van der Waals surface area contributed by atoms with Crippen molar-refractivity contribution in [2.75, 3.05) is 0 Å². The van der Waals surface area contributed by atoms with Gasteiger partial charge in [-0.3, -0.25) is 4.79 Å². The highest BCUT2D eigenvalue weighted by Crippen LogP contribution is 2.42. The summed E-state index contributed by atoms with van der Waals surface area (Å²) in [5, 5.41) is 9.68. The fraction of sp³-hybridized carbons (Fsp3) is 0.588. The lowest BCUT2D eigenvalue weighted by Crippen LogP contribution is -2.37. The number of carboxylic acid groups (broad SMARTS) is 1. The molecule has 104 valence electrons. The van der Waals surface area contributed by atoms with Crippen LogP contribution in [0, 0.1) is 18.3 Å². The molecule has 0 spiro atoms. The highest BCUT2D eigenvalue weighted by atomic mass is 16.4. The molecule has 1 aliphatic rings. The summed E-state index contributed by atoms with van der Waals surface area (Å²) in [4.78, 5) is 11.8. The summed E-state index contributed by atoms with van der Waals surface area (Å²) in [5.74, 6) is 0.119. The van der Waals surface area contributed by atoms with Crippen LogP contribution in [0.1, 0.15) is 50.2 Å². The van der Waals surface area contributed by atoms with E-state index in [-0.39, 0.29) is 0 Å². The molecule has 1 fully saturated rings. The molecule has 0 atom stereocenters. The van der Waals surface area contributed by atoms with Crippen LogP contribution in [0.2, 0.25) is 0 Å². The lowest BCUT2D eigenvalue weighted by molar-refractivity contribution is -0.151. The Labute approximate surface area is 115 Å². The second kappa shape index (κ2) is 5.77. The topological polar surface area (TPSA) is 37.3 Å². The van der Waals surface area contributed by atoms with Crippen molar-refractivity contribution in [3.63, 3.8) is 0 Å². The Bertz CT molecular complexity index is 442. The van der Waals surface area contributed by atoms with E-state index >= 15 is 0 Å². The van der Waals surface area contributed by atoms with Gasteiger partial charge in [0.25, 0.3) is 0 Å². The first-order valence-electron chi connectivity index (χ1n) is 7.35. The van der Waals surface area contributed by atoms with E-state index in [0.717, 1.165) is 37.2 Å². The van der Waals surface area contributed by atoms with Crippen LogP contribution in [0.3, 0.4) is 0 Å². The average Bonchev–Trinajstić information content (AvgIpc) is 2.39. The Hall–Kier alpha value is -1.31. The molecule has 1 N–H and O–H groups in total. The van der Waals surface area contributed by atoms with E-state index in [1.54, 1.807) is 0 Å². The molecule has 2 nitrogen and oxygen atoms in total. The third kappa shape index (κ3) is 3.17. The lowest BCUT2D eigenvalue weighted by atomic mass is 9.67. The molecule has 0 aromatic heterocycles. The smallest absolute Gasteiger partial charge is 0.309 e. The van der Waals surface area contributed by atoms with Crippen LogP contribution >= 0.6 is 0 Å². The predicted octanol–water partition coefficient (Wildman–Crippen LogP) is 4.21. The van der Waals surface area contributed by atoms with Gasteiger partial charge in [-0.1, -0.05) is 43.2 Å². The summed E-state index contributed by atoms with van der Waals surface area (Å²) in [5.41, 5.74) is 1.84. The van der Waals surface area contributed by atoms with E-state index < -0.39 is 11.4 Å². The molecule has 0 unspecified atom stereocenters. The van der Waals surface area contributed by atoms with Gasteiger partial charge >= 0.3 is 5.97 Å². The average molecular weight is 260 g/mol. The molecular formula is C17H24O2. The first-order chi connectivity index (χ1) is 9.05. The van der Waals surface area contributed by atoms with E-state index in [4.69, 9.17) is 0 Å². The van der Waals surface area contributed by atoms with Gasteiger partial charge in [-0.2, -0.15) is 0 Å². The van der Waals surface area contributed by atoms with Gasteiger partial charge in [0.1, 0.15) is 0 Å². The van der Waals surface area contributed by atoms with Crippen molar-refractivity contribution in [1.29, 1.82) is 0 Å². The Morgan fingerprint density at radius 3 is 2.58 bits per heavy atom. The van der Waals surface area contributed by atoms with Crippen molar-refractivity contribution in [1.82, 2.24) is 0 Å². The molecule has 0 saturated heterocycles. The summed E-state index contributed by atoms with van der Waals surface area (Å²) in [6.45, 7) is 4.27. The SMILES string of the molecule is CCC1CCC(Cc2cccc(C)c2)(C(=O)O)CC1. The summed E-state index contributed by atoms with van der Waals surface area (Å²) in [7, 11) is 0. The molecule has 0 amide bonds. The second-order valence-electron chi connectivity index (χ2n) is 6.10. The van der Waals surface area contributed by atoms with Crippen molar-refractivity contribution in [2.24, 2.45) is 11.3 Å². The van der Waals surface area contributed by atoms with E-state index in [1.807, 2.05) is 6.07 Å². The van der Waals surface area contributed by atoms with Crippen molar-refractivity contribution < 1.29 is 9.90 Å². The fourth-order valence-electron chi connectivity index (χ4n) is 3.32. The van der Waals surface area contributed by atoms with Crippen molar-refractivity contribution in [2.45, 2.75) is 52.4 Å². The van der Waals surface area contributed by atoms with E-state index in [0.29, 0.717) is 6.42 Å². The molecule has 2 rings (SSSR count). The maximum absolute atomic E-state index is 11.8. The predicted molar refractivity (Wildman–Crippen MR) is 77.2 cm³/mol. The van der Waals surface area contributed by atoms with Crippen LogP contribution in [0.15, 0.2) is 24.3 Å². The van der Waals surface area contributed by atoms with Crippen LogP contribution < -0.4 is 0 Å². The molecule has 19 heavy (non-hydrogen) atoms. The van der Waals surface area contributed by atoms with E-state index in [1.165, 1.54) is 12.0 Å². The van der Waals surface area contributed by atoms with Gasteiger partial charge in [0, 0.05) is 0 Å². The van der Waals surface area contributed by atoms with Crippen LogP contribution in [0.5, 0.6) is 0 Å². The number of benzene rings is 1. The minimum atomic E-state index is -0.608. The fourth-order valence-corrected chi connectivity index (χ4v) is 3.32. The third-order valence-corrected chi connectivity index (χ3v) is 4.72. The number of rotatable bonds is 4. The van der Waals surface area contributed by atoms with Crippen LogP contribution in [-0.2, 0) is 11.2 Å². The summed E-state index contributed by atoms with van der Waals surface area (Å²) in [6, 6.07) is 8.27. The quantitative estimate of drug-likeness (QED) is 0.880. The first-order valence-corrected chi connectivity index (χ1v) is 7.35. The van der Waals surface area contributed by atoms with Gasteiger partial charge in [-0.05, 0) is 50.5 Å². The molecule has 2 heteroatoms. The third-order valence-electron chi connectivity index (χ3n) is 4.72. The van der Waals surface area contributed by atoms with Crippen molar-refractivity contribution in [3.05, 3.63) is 35.4 Å². The zero-order chi connectivity index (χ0) is 13.9. The Morgan fingerprint density at radius 1 is 1.37 bits per heavy atom. The minimum absolute atomic E-state index is 0.528. The normalized spacial score (nSPS) is 27.2. The molecule has 1 aliphatic carbocycles. The van der Waals surface area contributed by atoms with Gasteiger partial charge < -0.3 is 5.11 Å². The van der Waals surface area contributed by atoms with Crippen LogP contribution in [0.4, 0.5) is 0 Å². The van der Waals surface area contributed by atoms with Crippen molar-refractivity contribution >= 4 is 5.97 Å². The van der Waals surface area contributed by atoms with E-state index in [9.17, 15) is 9.90 Å². The zero-order valence-electron chi connectivity index (χ0n) is 12.0. The van der Waals surface area contributed by atoms with Gasteiger partial charge in [0.2, 0.25) is 0 Å². The van der Waals surface area contributed by atoms with E-state index in [2.05, 4.69) is 32.0 Å². The van der Waals surface area contributed by atoms with Gasteiger partial charge in [0.05, 0.1) is 5.41 Å². The first kappa shape index (κ1) is 14.1. The number of carboxylic acids is 1. The van der Waals surface area contributed by atoms with Gasteiger partial charge in [-0.25, -0.2) is 0 Å². The Morgan fingerprint density at radius 2 is 2.05 bits per heavy atom. The molecule has 0 aliphatic heterocycles. The summed E-state index contributed by atoms with van der Waals surface area (Å²) in [6.07, 6.45) is 5.65. The number of hydrogen-bond acceptors (Lipinski definition) is 1. The number of carbonyl (C=O) groups is 1. The standard InChI is InChI=1S/C17H24O2/c1-3-14-7-9-17(10-8-14,16(18)19)12-15-6-4-5-13(2)11-15/h4-6,11,14H,3,7-10,12H2,1-2H3,(H,18,19). The lowest BCUT2D eigenvalue weighted by Gasteiger charge is -2.36. The highest BCUT2D eigenvalue weighted by molar-refractivity contribution is 5.75.